The molecule has 0 aliphatic carbocycles. The molecule has 1 atom stereocenters. The smallest absolute Gasteiger partial charge is 0.182 e. The fourth-order valence-electron chi connectivity index (χ4n) is 2.33. The van der Waals surface area contributed by atoms with Gasteiger partial charge in [0, 0.05) is 25.8 Å². The fourth-order valence-corrected chi connectivity index (χ4v) is 2.33. The highest BCUT2D eigenvalue weighted by Gasteiger charge is 2.07. The van der Waals surface area contributed by atoms with Crippen LogP contribution in [0.15, 0.2) is 49.1 Å². The van der Waals surface area contributed by atoms with Crippen molar-refractivity contribution in [3.63, 3.8) is 0 Å². The van der Waals surface area contributed by atoms with E-state index in [1.165, 1.54) is 22.0 Å². The lowest BCUT2D eigenvalue weighted by Crippen LogP contribution is -2.17. The predicted octanol–water partition coefficient (Wildman–Crippen LogP) is 2.66. The van der Waals surface area contributed by atoms with Gasteiger partial charge in [-0.1, -0.05) is 24.3 Å². The maximum Gasteiger partial charge on any atom is 0.182 e. The number of fused-ring (bicyclic) bond motifs is 1. The van der Waals surface area contributed by atoms with Crippen LogP contribution in [0.2, 0.25) is 0 Å². The summed E-state index contributed by atoms with van der Waals surface area (Å²) >= 11 is 0. The minimum atomic E-state index is 0.343. The van der Waals surface area contributed by atoms with Gasteiger partial charge in [-0.05, 0) is 41.0 Å². The second kappa shape index (κ2) is 5.94. The molecule has 0 fully saturated rings. The molecule has 3 heteroatoms. The molecule has 0 spiro atoms. The Balaban J connectivity index is 2.41. The van der Waals surface area contributed by atoms with Gasteiger partial charge in [-0.15, -0.1) is 6.58 Å². The first kappa shape index (κ1) is 13.7. The van der Waals surface area contributed by atoms with Gasteiger partial charge in [0.25, 0.3) is 0 Å². The van der Waals surface area contributed by atoms with Gasteiger partial charge in [-0.3, -0.25) is 0 Å². The molecule has 0 aliphatic rings. The molecule has 0 heterocycles. The number of rotatable bonds is 5. The first-order valence-electron chi connectivity index (χ1n) is 6.65. The zero-order valence-corrected chi connectivity index (χ0v) is 12.0. The molecule has 19 heavy (non-hydrogen) atoms. The molecule has 98 valence electrons. The standard InChI is InChI=1S/C16H21BN2/c1-4-5-16(18-17)14-7-6-13-11-15(19(2)3)9-8-12(13)10-14/h4,6-11,16,18H,1,5,17H2,2-3H3. The highest BCUT2D eigenvalue weighted by atomic mass is 15.1. The van der Waals surface area contributed by atoms with Crippen LogP contribution in [0, 0.1) is 0 Å². The summed E-state index contributed by atoms with van der Waals surface area (Å²) in [4.78, 5) is 2.13. The molecule has 0 radical (unpaired) electrons. The molecule has 0 bridgehead atoms. The zero-order valence-electron chi connectivity index (χ0n) is 12.0. The van der Waals surface area contributed by atoms with Gasteiger partial charge in [0.05, 0.1) is 0 Å². The number of anilines is 1. The van der Waals surface area contributed by atoms with Crippen molar-refractivity contribution in [2.45, 2.75) is 12.5 Å². The third-order valence-electron chi connectivity index (χ3n) is 3.52. The van der Waals surface area contributed by atoms with E-state index < -0.39 is 0 Å². The molecule has 0 aliphatic heterocycles. The van der Waals surface area contributed by atoms with Crippen LogP contribution >= 0.6 is 0 Å². The van der Waals surface area contributed by atoms with Crippen molar-refractivity contribution >= 4 is 24.4 Å². The zero-order chi connectivity index (χ0) is 13.8. The van der Waals surface area contributed by atoms with Crippen molar-refractivity contribution in [1.82, 2.24) is 5.23 Å². The Hall–Kier alpha value is -1.74. The maximum absolute atomic E-state index is 3.82. The van der Waals surface area contributed by atoms with Crippen LogP contribution in [-0.2, 0) is 0 Å². The predicted molar refractivity (Wildman–Crippen MR) is 87.5 cm³/mol. The Morgan fingerprint density at radius 2 is 1.89 bits per heavy atom. The largest absolute Gasteiger partial charge is 0.378 e. The average molecular weight is 252 g/mol. The summed E-state index contributed by atoms with van der Waals surface area (Å²) < 4.78 is 0. The second-order valence-corrected chi connectivity index (χ2v) is 5.05. The molecular formula is C16H21BN2. The summed E-state index contributed by atoms with van der Waals surface area (Å²) in [5.74, 6) is 0. The van der Waals surface area contributed by atoms with Crippen molar-refractivity contribution in [1.29, 1.82) is 0 Å². The van der Waals surface area contributed by atoms with Gasteiger partial charge in [-0.25, -0.2) is 0 Å². The van der Waals surface area contributed by atoms with Gasteiger partial charge in [0.2, 0.25) is 0 Å². The molecule has 2 nitrogen and oxygen atoms in total. The van der Waals surface area contributed by atoms with Crippen molar-refractivity contribution < 1.29 is 0 Å². The van der Waals surface area contributed by atoms with Crippen LogP contribution in [-0.4, -0.2) is 22.1 Å². The van der Waals surface area contributed by atoms with Crippen LogP contribution in [0.1, 0.15) is 18.0 Å². The topological polar surface area (TPSA) is 15.3 Å². The quantitative estimate of drug-likeness (QED) is 0.650. The Kier molecular flexibility index (Phi) is 4.28. The summed E-state index contributed by atoms with van der Waals surface area (Å²) in [7, 11) is 6.13. The molecule has 2 aromatic rings. The van der Waals surface area contributed by atoms with E-state index in [1.807, 2.05) is 14.1 Å². The number of nitrogens with zero attached hydrogens (tertiary/aromatic N) is 1. The van der Waals surface area contributed by atoms with Gasteiger partial charge < -0.3 is 10.1 Å². The minimum Gasteiger partial charge on any atom is -0.378 e. The lowest BCUT2D eigenvalue weighted by atomic mass is 9.98. The number of hydrogen-bond acceptors (Lipinski definition) is 2. The van der Waals surface area contributed by atoms with Crippen molar-refractivity contribution in [3.05, 3.63) is 54.6 Å². The monoisotopic (exact) mass is 252 g/mol. The average Bonchev–Trinajstić information content (AvgIpc) is 2.43. The van der Waals surface area contributed by atoms with E-state index in [-0.39, 0.29) is 0 Å². The van der Waals surface area contributed by atoms with Crippen LogP contribution in [0.4, 0.5) is 5.69 Å². The summed E-state index contributed by atoms with van der Waals surface area (Å²) in [5.41, 5.74) is 2.55. The number of benzene rings is 2. The first-order chi connectivity index (χ1) is 9.15. The fraction of sp³-hybridized carbons (Fsp3) is 0.250. The second-order valence-electron chi connectivity index (χ2n) is 5.05. The summed E-state index contributed by atoms with van der Waals surface area (Å²) in [6.45, 7) is 3.82. The van der Waals surface area contributed by atoms with Crippen molar-refractivity contribution in [2.24, 2.45) is 0 Å². The summed E-state index contributed by atoms with van der Waals surface area (Å²) in [6.07, 6.45) is 2.90. The van der Waals surface area contributed by atoms with E-state index in [1.54, 1.807) is 0 Å². The van der Waals surface area contributed by atoms with Crippen LogP contribution in [0.3, 0.4) is 0 Å². The molecule has 1 unspecified atom stereocenters. The van der Waals surface area contributed by atoms with Gasteiger partial charge in [-0.2, -0.15) is 0 Å². The maximum atomic E-state index is 3.82. The summed E-state index contributed by atoms with van der Waals surface area (Å²) in [5, 5.41) is 5.90. The molecule has 2 aromatic carbocycles. The van der Waals surface area contributed by atoms with E-state index in [2.05, 4.69) is 67.2 Å². The van der Waals surface area contributed by atoms with Crippen LogP contribution in [0.25, 0.3) is 10.8 Å². The van der Waals surface area contributed by atoms with Crippen LogP contribution < -0.4 is 10.1 Å². The van der Waals surface area contributed by atoms with Crippen molar-refractivity contribution in [2.75, 3.05) is 19.0 Å². The molecule has 0 saturated carbocycles. The van der Waals surface area contributed by atoms with Crippen molar-refractivity contribution in [3.8, 4) is 0 Å². The highest BCUT2D eigenvalue weighted by Crippen LogP contribution is 2.25. The number of hydrogen-bond donors (Lipinski definition) is 1. The Labute approximate surface area is 116 Å². The normalized spacial score (nSPS) is 12.3. The Morgan fingerprint density at radius 3 is 2.53 bits per heavy atom. The molecule has 0 aromatic heterocycles. The Morgan fingerprint density at radius 1 is 1.21 bits per heavy atom. The third kappa shape index (κ3) is 2.99. The molecule has 0 saturated heterocycles. The number of nitrogens with one attached hydrogen (secondary N) is 1. The van der Waals surface area contributed by atoms with Gasteiger partial charge >= 0.3 is 0 Å². The third-order valence-corrected chi connectivity index (χ3v) is 3.52. The van der Waals surface area contributed by atoms with E-state index in [0.29, 0.717) is 6.04 Å². The Bertz CT molecular complexity index is 578. The van der Waals surface area contributed by atoms with E-state index in [4.69, 9.17) is 0 Å². The van der Waals surface area contributed by atoms with E-state index >= 15 is 0 Å². The lowest BCUT2D eigenvalue weighted by Gasteiger charge is -2.17. The summed E-state index contributed by atoms with van der Waals surface area (Å²) in [6, 6.07) is 13.6. The first-order valence-corrected chi connectivity index (χ1v) is 6.65. The highest BCUT2D eigenvalue weighted by molar-refractivity contribution is 6.04. The molecule has 0 amide bonds. The van der Waals surface area contributed by atoms with Gasteiger partial charge in [0.15, 0.2) is 7.98 Å². The molecule has 2 rings (SSSR count). The van der Waals surface area contributed by atoms with Gasteiger partial charge in [0.1, 0.15) is 0 Å². The SMILES string of the molecule is BNC(CC=C)c1ccc2cc(N(C)C)ccc2c1. The minimum absolute atomic E-state index is 0.343. The molecule has 1 N–H and O–H groups in total. The van der Waals surface area contributed by atoms with Crippen LogP contribution in [0.5, 0.6) is 0 Å². The molecular weight excluding hydrogens is 231 g/mol. The van der Waals surface area contributed by atoms with E-state index in [9.17, 15) is 0 Å². The van der Waals surface area contributed by atoms with E-state index in [0.717, 1.165) is 6.42 Å². The lowest BCUT2D eigenvalue weighted by molar-refractivity contribution is 0.681.